The van der Waals surface area contributed by atoms with E-state index in [0.29, 0.717) is 63.1 Å². The van der Waals surface area contributed by atoms with Crippen molar-refractivity contribution in [2.45, 2.75) is 115 Å². The van der Waals surface area contributed by atoms with Crippen LogP contribution in [0.3, 0.4) is 0 Å². The van der Waals surface area contributed by atoms with E-state index < -0.39 is 17.1 Å². The van der Waals surface area contributed by atoms with Crippen LogP contribution in [0.4, 0.5) is 10.5 Å². The third-order valence-electron chi connectivity index (χ3n) is 11.8. The molecule has 2 bridgehead atoms. The molecule has 4 unspecified atom stereocenters. The van der Waals surface area contributed by atoms with E-state index in [1.807, 2.05) is 24.3 Å². The van der Waals surface area contributed by atoms with Crippen LogP contribution in [0.5, 0.6) is 5.75 Å². The first-order valence-corrected chi connectivity index (χ1v) is 18.5. The number of allylic oxidation sites excluding steroid dienone is 2. The predicted molar refractivity (Wildman–Crippen MR) is 194 cm³/mol. The minimum atomic E-state index is -1.19. The predicted octanol–water partition coefficient (Wildman–Crippen LogP) is 8.07. The van der Waals surface area contributed by atoms with Crippen molar-refractivity contribution in [3.05, 3.63) is 70.8 Å². The highest BCUT2D eigenvalue weighted by Gasteiger charge is 2.57. The standard InChI is InChI=1S/C41H58N2O6/c1-29-10-8-22-40(2)37(35-20-14-30(26-33(44)17-13-29)27-36(35)38(45)31-11-6-5-7-12-31)21-23-41(40,47)28-43(24-9-25-48-3)39(46)42-32-15-18-34(49-4)19-16-32/h10,14-16,18-20,27,31,33,37,44,47H,5-9,11-13,17,21-26,28H2,1-4H3,(H,42,46). The molecule has 0 aromatic heterocycles. The highest BCUT2D eigenvalue weighted by atomic mass is 16.5. The highest BCUT2D eigenvalue weighted by molar-refractivity contribution is 5.99. The lowest BCUT2D eigenvalue weighted by Gasteiger charge is -2.46. The average Bonchev–Trinajstić information content (AvgIpc) is 3.36. The van der Waals surface area contributed by atoms with Gasteiger partial charge in [0.05, 0.1) is 25.4 Å². The summed E-state index contributed by atoms with van der Waals surface area (Å²) in [5.41, 5.74) is 2.86. The molecular formula is C41H58N2O6. The molecule has 8 heteroatoms. The lowest BCUT2D eigenvalue weighted by atomic mass is 9.64. The Labute approximate surface area is 293 Å². The highest BCUT2D eigenvalue weighted by Crippen LogP contribution is 2.59. The number of hydrogen-bond acceptors (Lipinski definition) is 6. The molecule has 2 aromatic rings. The smallest absolute Gasteiger partial charge is 0.321 e. The van der Waals surface area contributed by atoms with Gasteiger partial charge in [-0.3, -0.25) is 4.79 Å². The first-order valence-electron chi connectivity index (χ1n) is 18.5. The zero-order chi connectivity index (χ0) is 35.0. The molecule has 0 saturated heterocycles. The van der Waals surface area contributed by atoms with Gasteiger partial charge in [0, 0.05) is 42.8 Å². The number of ether oxygens (including phenoxy) is 2. The van der Waals surface area contributed by atoms with E-state index in [0.717, 1.165) is 55.2 Å². The summed E-state index contributed by atoms with van der Waals surface area (Å²) in [5, 5.41) is 26.9. The Morgan fingerprint density at radius 1 is 1.00 bits per heavy atom. The number of aliphatic hydroxyl groups excluding tert-OH is 1. The molecule has 4 aliphatic rings. The van der Waals surface area contributed by atoms with Crippen LogP contribution in [-0.4, -0.2) is 72.5 Å². The number of rotatable bonds is 10. The number of ketones is 1. The van der Waals surface area contributed by atoms with Crippen molar-refractivity contribution in [1.29, 1.82) is 0 Å². The molecule has 0 aliphatic heterocycles. The van der Waals surface area contributed by atoms with Crippen molar-refractivity contribution >= 4 is 17.5 Å². The molecule has 2 fully saturated rings. The molecule has 3 N–H and O–H groups in total. The molecule has 2 saturated carbocycles. The molecule has 4 atom stereocenters. The second-order valence-corrected chi connectivity index (χ2v) is 15.1. The third-order valence-corrected chi connectivity index (χ3v) is 11.8. The van der Waals surface area contributed by atoms with Crippen molar-refractivity contribution in [2.24, 2.45) is 11.3 Å². The molecule has 0 spiro atoms. The lowest BCUT2D eigenvalue weighted by molar-refractivity contribution is -0.0767. The van der Waals surface area contributed by atoms with Crippen molar-refractivity contribution in [3.8, 4) is 5.75 Å². The van der Waals surface area contributed by atoms with Crippen molar-refractivity contribution < 1.29 is 29.3 Å². The average molecular weight is 675 g/mol. The number of urea groups is 1. The first kappa shape index (κ1) is 37.1. The fourth-order valence-electron chi connectivity index (χ4n) is 8.64. The number of hydrogen-bond donors (Lipinski definition) is 3. The number of amides is 2. The molecule has 2 aromatic carbocycles. The summed E-state index contributed by atoms with van der Waals surface area (Å²) in [4.78, 5) is 30.0. The van der Waals surface area contributed by atoms with Crippen LogP contribution >= 0.6 is 0 Å². The van der Waals surface area contributed by atoms with Gasteiger partial charge in [-0.15, -0.1) is 0 Å². The Morgan fingerprint density at radius 2 is 1.76 bits per heavy atom. The van der Waals surface area contributed by atoms with Gasteiger partial charge in [-0.2, -0.15) is 0 Å². The number of carbonyl (C=O) groups is 2. The number of nitrogens with zero attached hydrogens (tertiary/aromatic N) is 1. The minimum absolute atomic E-state index is 0.0154. The molecular weight excluding hydrogens is 616 g/mol. The number of Topliss-reactive ketones (excluding diaryl/α,β-unsaturated/α-hetero) is 1. The third kappa shape index (κ3) is 8.76. The topological polar surface area (TPSA) is 108 Å². The van der Waals surface area contributed by atoms with Gasteiger partial charge in [0.2, 0.25) is 0 Å². The van der Waals surface area contributed by atoms with Gasteiger partial charge in [0.15, 0.2) is 5.78 Å². The summed E-state index contributed by atoms with van der Waals surface area (Å²) in [6.45, 7) is 5.41. The summed E-state index contributed by atoms with van der Waals surface area (Å²) in [6.07, 6.45) is 12.3. The minimum Gasteiger partial charge on any atom is -0.497 e. The Kier molecular flexibility index (Phi) is 12.6. The maximum Gasteiger partial charge on any atom is 0.321 e. The monoisotopic (exact) mass is 674 g/mol. The van der Waals surface area contributed by atoms with E-state index in [1.54, 1.807) is 19.1 Å². The Balaban J connectivity index is 1.51. The van der Waals surface area contributed by atoms with Gasteiger partial charge in [0.1, 0.15) is 5.75 Å². The number of anilines is 1. The molecule has 49 heavy (non-hydrogen) atoms. The van der Waals surface area contributed by atoms with Crippen LogP contribution in [0, 0.1) is 11.3 Å². The van der Waals surface area contributed by atoms with Gasteiger partial charge < -0.3 is 29.9 Å². The van der Waals surface area contributed by atoms with Crippen LogP contribution < -0.4 is 10.1 Å². The lowest BCUT2D eigenvalue weighted by Crippen LogP contribution is -2.54. The van der Waals surface area contributed by atoms with E-state index in [1.165, 1.54) is 12.0 Å². The largest absolute Gasteiger partial charge is 0.497 e. The van der Waals surface area contributed by atoms with Gasteiger partial charge in [-0.1, -0.05) is 50.0 Å². The summed E-state index contributed by atoms with van der Waals surface area (Å²) in [6, 6.07) is 13.2. The normalized spacial score (nSPS) is 26.4. The van der Waals surface area contributed by atoms with Crippen molar-refractivity contribution in [3.63, 3.8) is 0 Å². The summed E-state index contributed by atoms with van der Waals surface area (Å²) in [7, 11) is 3.26. The molecule has 8 nitrogen and oxygen atoms in total. The first-order chi connectivity index (χ1) is 23.6. The zero-order valence-corrected chi connectivity index (χ0v) is 30.1. The van der Waals surface area contributed by atoms with Crippen LogP contribution in [0.25, 0.3) is 0 Å². The van der Waals surface area contributed by atoms with Crippen LogP contribution in [-0.2, 0) is 11.2 Å². The SMILES string of the molecule is COCCCN(CC1(O)CCC2c3ccc(cc3C(=O)C3CCCCC3)CC(O)CCC(C)=CCCC21C)C(=O)Nc1ccc(OC)cc1. The second kappa shape index (κ2) is 16.7. The Hall–Kier alpha value is -3.20. The number of benzene rings is 2. The fourth-order valence-corrected chi connectivity index (χ4v) is 8.64. The quantitative estimate of drug-likeness (QED) is 0.134. The molecule has 2 amide bonds. The number of carbonyl (C=O) groups excluding carboxylic acids is 2. The van der Waals surface area contributed by atoms with E-state index in [2.05, 4.69) is 43.4 Å². The van der Waals surface area contributed by atoms with E-state index >= 15 is 0 Å². The van der Waals surface area contributed by atoms with Gasteiger partial charge >= 0.3 is 6.03 Å². The molecule has 6 rings (SSSR count). The summed E-state index contributed by atoms with van der Waals surface area (Å²) < 4.78 is 10.6. The van der Waals surface area contributed by atoms with Gasteiger partial charge in [-0.25, -0.2) is 4.79 Å². The molecule has 268 valence electrons. The molecule has 4 aliphatic carbocycles. The molecule has 0 heterocycles. The Morgan fingerprint density at radius 3 is 2.47 bits per heavy atom. The van der Waals surface area contributed by atoms with Crippen LogP contribution in [0.15, 0.2) is 54.1 Å². The number of nitrogens with one attached hydrogen (secondary N) is 1. The molecule has 0 radical (unpaired) electrons. The number of fused-ring (bicyclic) bond motifs is 8. The summed E-state index contributed by atoms with van der Waals surface area (Å²) in [5.74, 6) is 0.868. The Bertz CT molecular complexity index is 1450. The summed E-state index contributed by atoms with van der Waals surface area (Å²) >= 11 is 0. The number of aliphatic hydroxyl groups is 2. The van der Waals surface area contributed by atoms with E-state index in [9.17, 15) is 19.8 Å². The number of methoxy groups -OCH3 is 2. The fraction of sp³-hybridized carbons (Fsp3) is 0.610. The maximum absolute atomic E-state index is 14.3. The maximum atomic E-state index is 14.3. The van der Waals surface area contributed by atoms with Crippen LogP contribution in [0.2, 0.25) is 0 Å². The second-order valence-electron chi connectivity index (χ2n) is 15.1. The zero-order valence-electron chi connectivity index (χ0n) is 30.1. The van der Waals surface area contributed by atoms with Gasteiger partial charge in [0.25, 0.3) is 0 Å². The van der Waals surface area contributed by atoms with Crippen LogP contribution in [0.1, 0.15) is 118 Å². The van der Waals surface area contributed by atoms with Gasteiger partial charge in [-0.05, 0) is 119 Å². The van der Waals surface area contributed by atoms with E-state index in [-0.39, 0.29) is 30.2 Å². The van der Waals surface area contributed by atoms with Crippen molar-refractivity contribution in [1.82, 2.24) is 4.90 Å². The van der Waals surface area contributed by atoms with E-state index in [4.69, 9.17) is 9.47 Å². The van der Waals surface area contributed by atoms with Crippen molar-refractivity contribution in [2.75, 3.05) is 39.2 Å².